The van der Waals surface area contributed by atoms with Crippen LogP contribution in [0.2, 0.25) is 0 Å². The number of hydrogen-bond acceptors (Lipinski definition) is 7. The summed E-state index contributed by atoms with van der Waals surface area (Å²) < 4.78 is 0. The highest BCUT2D eigenvalue weighted by Crippen LogP contribution is 2.35. The number of hydrogen-bond donors (Lipinski definition) is 2. The van der Waals surface area contributed by atoms with E-state index in [1.807, 2.05) is 42.6 Å². The molecule has 0 aliphatic carbocycles. The summed E-state index contributed by atoms with van der Waals surface area (Å²) in [6.45, 7) is 3.44. The number of Topliss-reactive ketones (excluding diaryl/α,β-unsaturated/α-hetero) is 1. The van der Waals surface area contributed by atoms with Crippen LogP contribution >= 0.6 is 22.7 Å². The number of thiazole rings is 2. The van der Waals surface area contributed by atoms with Gasteiger partial charge in [-0.15, -0.1) is 11.3 Å². The van der Waals surface area contributed by atoms with Crippen LogP contribution in [0.3, 0.4) is 0 Å². The quantitative estimate of drug-likeness (QED) is 0.376. The van der Waals surface area contributed by atoms with E-state index in [9.17, 15) is 9.59 Å². The smallest absolute Gasteiger partial charge is 0.257 e. The number of aryl methyl sites for hydroxylation is 1. The second-order valence-electron chi connectivity index (χ2n) is 6.55. The Hall–Kier alpha value is -3.36. The predicted octanol–water partition coefficient (Wildman–Crippen LogP) is 5.77. The van der Waals surface area contributed by atoms with E-state index in [4.69, 9.17) is 0 Å². The first-order valence-corrected chi connectivity index (χ1v) is 10.9. The van der Waals surface area contributed by atoms with Crippen molar-refractivity contribution in [1.82, 2.24) is 9.97 Å². The summed E-state index contributed by atoms with van der Waals surface area (Å²) >= 11 is 2.86. The zero-order chi connectivity index (χ0) is 21.1. The zero-order valence-electron chi connectivity index (χ0n) is 16.3. The molecule has 8 heteroatoms. The molecule has 0 aliphatic heterocycles. The van der Waals surface area contributed by atoms with Crippen molar-refractivity contribution in [2.75, 3.05) is 10.6 Å². The zero-order valence-corrected chi connectivity index (χ0v) is 17.9. The Labute approximate surface area is 181 Å². The van der Waals surface area contributed by atoms with Gasteiger partial charge in [0.1, 0.15) is 0 Å². The lowest BCUT2D eigenvalue weighted by molar-refractivity contribution is 0.101. The van der Waals surface area contributed by atoms with Crippen LogP contribution in [0.4, 0.5) is 16.0 Å². The Morgan fingerprint density at radius 1 is 0.933 bits per heavy atom. The van der Waals surface area contributed by atoms with Gasteiger partial charge in [0.15, 0.2) is 16.0 Å². The van der Waals surface area contributed by atoms with Gasteiger partial charge in [-0.25, -0.2) is 9.97 Å². The Bertz CT molecular complexity index is 1210. The molecule has 4 rings (SSSR count). The first-order chi connectivity index (χ1) is 14.5. The summed E-state index contributed by atoms with van der Waals surface area (Å²) in [6.07, 6.45) is 0. The molecular weight excluding hydrogens is 416 g/mol. The standard InChI is InChI=1S/C22H18N4O2S2/c1-13-19(30-22(23-13)26-20(28)15-7-4-3-5-8-15)18-12-29-21(25-18)24-17-10-6-9-16(11-17)14(2)27/h3-12H,1-2H3,(H,24,25)(H,23,26,28). The number of amides is 1. The van der Waals surface area contributed by atoms with Crippen molar-refractivity contribution in [1.29, 1.82) is 0 Å². The van der Waals surface area contributed by atoms with Gasteiger partial charge in [-0.05, 0) is 38.1 Å². The number of ketones is 1. The van der Waals surface area contributed by atoms with Gasteiger partial charge in [-0.2, -0.15) is 0 Å². The van der Waals surface area contributed by atoms with E-state index in [2.05, 4.69) is 20.6 Å². The fourth-order valence-electron chi connectivity index (χ4n) is 2.82. The van der Waals surface area contributed by atoms with Crippen molar-refractivity contribution >= 4 is 50.3 Å². The van der Waals surface area contributed by atoms with Crippen LogP contribution in [0.5, 0.6) is 0 Å². The van der Waals surface area contributed by atoms with Crippen LogP contribution in [0.25, 0.3) is 10.6 Å². The van der Waals surface area contributed by atoms with Crippen LogP contribution in [-0.2, 0) is 0 Å². The first kappa shape index (κ1) is 19.9. The van der Waals surface area contributed by atoms with Crippen molar-refractivity contribution in [3.8, 4) is 10.6 Å². The Morgan fingerprint density at radius 3 is 2.47 bits per heavy atom. The summed E-state index contributed by atoms with van der Waals surface area (Å²) in [5, 5.41) is 9.28. The molecule has 2 heterocycles. The maximum absolute atomic E-state index is 12.4. The van der Waals surface area contributed by atoms with E-state index >= 15 is 0 Å². The Balaban J connectivity index is 1.50. The maximum Gasteiger partial charge on any atom is 0.257 e. The van der Waals surface area contributed by atoms with Crippen molar-refractivity contribution in [3.63, 3.8) is 0 Å². The molecule has 0 saturated carbocycles. The van der Waals surface area contributed by atoms with E-state index in [1.54, 1.807) is 31.2 Å². The van der Waals surface area contributed by atoms with Crippen molar-refractivity contribution < 1.29 is 9.59 Å². The van der Waals surface area contributed by atoms with Crippen LogP contribution in [0.1, 0.15) is 33.3 Å². The average molecular weight is 435 g/mol. The highest BCUT2D eigenvalue weighted by atomic mass is 32.1. The number of carbonyl (C=O) groups is 2. The highest BCUT2D eigenvalue weighted by molar-refractivity contribution is 7.20. The van der Waals surface area contributed by atoms with E-state index in [0.717, 1.165) is 22.0 Å². The average Bonchev–Trinajstić information content (AvgIpc) is 3.35. The predicted molar refractivity (Wildman–Crippen MR) is 122 cm³/mol. The monoisotopic (exact) mass is 434 g/mol. The molecule has 2 aromatic heterocycles. The molecule has 4 aromatic rings. The van der Waals surface area contributed by atoms with Gasteiger partial charge in [0.05, 0.1) is 16.3 Å². The molecule has 2 N–H and O–H groups in total. The Morgan fingerprint density at radius 2 is 1.70 bits per heavy atom. The summed E-state index contributed by atoms with van der Waals surface area (Å²) in [7, 11) is 0. The van der Waals surface area contributed by atoms with Crippen LogP contribution in [0, 0.1) is 6.92 Å². The molecule has 0 spiro atoms. The number of carbonyl (C=O) groups excluding carboxylic acids is 2. The molecule has 30 heavy (non-hydrogen) atoms. The minimum Gasteiger partial charge on any atom is -0.332 e. The second-order valence-corrected chi connectivity index (χ2v) is 8.41. The van der Waals surface area contributed by atoms with E-state index < -0.39 is 0 Å². The van der Waals surface area contributed by atoms with Crippen LogP contribution < -0.4 is 10.6 Å². The number of anilines is 3. The van der Waals surface area contributed by atoms with Gasteiger partial charge >= 0.3 is 0 Å². The number of rotatable bonds is 6. The molecular formula is C22H18N4O2S2. The van der Waals surface area contributed by atoms with E-state index in [-0.39, 0.29) is 11.7 Å². The minimum atomic E-state index is -0.193. The summed E-state index contributed by atoms with van der Waals surface area (Å²) in [5.74, 6) is -0.175. The topological polar surface area (TPSA) is 84.0 Å². The fraction of sp³-hybridized carbons (Fsp3) is 0.0909. The van der Waals surface area contributed by atoms with Gasteiger partial charge < -0.3 is 5.32 Å². The largest absolute Gasteiger partial charge is 0.332 e. The highest BCUT2D eigenvalue weighted by Gasteiger charge is 2.15. The number of aromatic nitrogens is 2. The van der Waals surface area contributed by atoms with E-state index in [1.165, 1.54) is 22.7 Å². The molecule has 0 unspecified atom stereocenters. The molecule has 0 atom stereocenters. The molecule has 150 valence electrons. The van der Waals surface area contributed by atoms with Crippen molar-refractivity contribution in [2.24, 2.45) is 0 Å². The lowest BCUT2D eigenvalue weighted by Gasteiger charge is -2.03. The third-order valence-corrected chi connectivity index (χ3v) is 6.16. The number of nitrogens with zero attached hydrogens (tertiary/aromatic N) is 2. The van der Waals surface area contributed by atoms with E-state index in [0.29, 0.717) is 21.4 Å². The molecule has 2 aromatic carbocycles. The molecule has 0 aliphatic rings. The lowest BCUT2D eigenvalue weighted by atomic mass is 10.1. The molecule has 0 fully saturated rings. The lowest BCUT2D eigenvalue weighted by Crippen LogP contribution is -2.11. The third kappa shape index (κ3) is 4.45. The van der Waals surface area contributed by atoms with Gasteiger partial charge in [0, 0.05) is 22.2 Å². The SMILES string of the molecule is CC(=O)c1cccc(Nc2nc(-c3sc(NC(=O)c4ccccc4)nc3C)cs2)c1. The van der Waals surface area contributed by atoms with Gasteiger partial charge in [-0.1, -0.05) is 41.7 Å². The van der Waals surface area contributed by atoms with Gasteiger partial charge in [0.25, 0.3) is 5.91 Å². The second kappa shape index (κ2) is 8.56. The molecule has 1 amide bonds. The summed E-state index contributed by atoms with van der Waals surface area (Å²) in [4.78, 5) is 33.9. The Kier molecular flexibility index (Phi) is 5.69. The summed E-state index contributed by atoms with van der Waals surface area (Å²) in [5.41, 5.74) is 3.63. The first-order valence-electron chi connectivity index (χ1n) is 9.17. The molecule has 0 saturated heterocycles. The van der Waals surface area contributed by atoms with Crippen LogP contribution in [-0.4, -0.2) is 21.7 Å². The molecule has 0 bridgehead atoms. The maximum atomic E-state index is 12.4. The van der Waals surface area contributed by atoms with Crippen LogP contribution in [0.15, 0.2) is 60.0 Å². The number of benzene rings is 2. The molecule has 0 radical (unpaired) electrons. The normalized spacial score (nSPS) is 10.6. The minimum absolute atomic E-state index is 0.0174. The van der Waals surface area contributed by atoms with Crippen molar-refractivity contribution in [2.45, 2.75) is 13.8 Å². The van der Waals surface area contributed by atoms with Gasteiger partial charge in [0.2, 0.25) is 0 Å². The summed E-state index contributed by atoms with van der Waals surface area (Å²) in [6, 6.07) is 16.3. The third-order valence-electron chi connectivity index (χ3n) is 4.31. The molecule has 6 nitrogen and oxygen atoms in total. The fourth-order valence-corrected chi connectivity index (χ4v) is 4.54. The van der Waals surface area contributed by atoms with Crippen molar-refractivity contribution in [3.05, 3.63) is 76.8 Å². The van der Waals surface area contributed by atoms with Gasteiger partial charge in [-0.3, -0.25) is 14.9 Å². The number of nitrogens with one attached hydrogen (secondary N) is 2.